The van der Waals surface area contributed by atoms with Crippen LogP contribution in [0.4, 0.5) is 0 Å². The number of aldehydes is 1. The molecule has 2 heteroatoms. The minimum absolute atomic E-state index is 0.451. The van der Waals surface area contributed by atoms with Crippen LogP contribution in [0.25, 0.3) is 10.8 Å². The molecule has 2 rings (SSSR count). The maximum atomic E-state index is 11.5. The lowest BCUT2D eigenvalue weighted by atomic mass is 9.82. The number of carbonyl (C=O) groups excluding carboxylic acids is 1. The summed E-state index contributed by atoms with van der Waals surface area (Å²) < 4.78 is 0. The van der Waals surface area contributed by atoms with Gasteiger partial charge in [0.25, 0.3) is 0 Å². The summed E-state index contributed by atoms with van der Waals surface area (Å²) in [6.45, 7) is 2.71. The van der Waals surface area contributed by atoms with Crippen molar-refractivity contribution < 1.29 is 4.79 Å². The number of hydrogen-bond donors (Lipinski definition) is 0. The Morgan fingerprint density at radius 2 is 1.78 bits per heavy atom. The van der Waals surface area contributed by atoms with E-state index in [2.05, 4.69) is 30.3 Å². The van der Waals surface area contributed by atoms with Gasteiger partial charge >= 0.3 is 0 Å². The van der Waals surface area contributed by atoms with Gasteiger partial charge in [0.1, 0.15) is 6.29 Å². The first-order valence-electron chi connectivity index (χ1n) is 6.15. The van der Waals surface area contributed by atoms with Gasteiger partial charge in [-0.15, -0.1) is 0 Å². The largest absolute Gasteiger partial charge is 0.308 e. The van der Waals surface area contributed by atoms with Gasteiger partial charge in [-0.1, -0.05) is 42.5 Å². The second kappa shape index (κ2) is 4.91. The zero-order chi connectivity index (χ0) is 13.2. The molecule has 0 aliphatic heterocycles. The molecule has 0 saturated heterocycles. The van der Waals surface area contributed by atoms with Crippen molar-refractivity contribution in [1.82, 2.24) is 4.90 Å². The van der Waals surface area contributed by atoms with Crippen molar-refractivity contribution in [2.75, 3.05) is 20.6 Å². The van der Waals surface area contributed by atoms with Gasteiger partial charge in [-0.2, -0.15) is 0 Å². The molecule has 0 heterocycles. The average molecular weight is 241 g/mol. The van der Waals surface area contributed by atoms with Crippen molar-refractivity contribution in [1.29, 1.82) is 0 Å². The van der Waals surface area contributed by atoms with E-state index in [9.17, 15) is 4.79 Å². The Balaban J connectivity index is 2.48. The Kier molecular flexibility index (Phi) is 3.48. The summed E-state index contributed by atoms with van der Waals surface area (Å²) in [6, 6.07) is 14.5. The summed E-state index contributed by atoms with van der Waals surface area (Å²) in [7, 11) is 3.98. The van der Waals surface area contributed by atoms with Crippen LogP contribution in [0.2, 0.25) is 0 Å². The average Bonchev–Trinajstić information content (AvgIpc) is 2.37. The summed E-state index contributed by atoms with van der Waals surface area (Å²) in [6.07, 6.45) is 1.05. The summed E-state index contributed by atoms with van der Waals surface area (Å²) in [4.78, 5) is 13.5. The Hall–Kier alpha value is -1.67. The number of rotatable bonds is 4. The number of carbonyl (C=O) groups is 1. The molecular formula is C16H19NO. The van der Waals surface area contributed by atoms with Crippen LogP contribution in [0, 0.1) is 0 Å². The molecule has 0 radical (unpaired) electrons. The van der Waals surface area contributed by atoms with Gasteiger partial charge in [-0.25, -0.2) is 0 Å². The van der Waals surface area contributed by atoms with Crippen molar-refractivity contribution in [2.45, 2.75) is 12.3 Å². The highest BCUT2D eigenvalue weighted by Crippen LogP contribution is 2.26. The molecule has 1 unspecified atom stereocenters. The molecule has 1 atom stereocenters. The fourth-order valence-corrected chi connectivity index (χ4v) is 2.40. The van der Waals surface area contributed by atoms with Crippen LogP contribution in [-0.4, -0.2) is 31.8 Å². The molecule has 0 aromatic heterocycles. The molecule has 0 aliphatic rings. The van der Waals surface area contributed by atoms with Gasteiger partial charge in [0.15, 0.2) is 0 Å². The van der Waals surface area contributed by atoms with Gasteiger partial charge in [-0.3, -0.25) is 0 Å². The second-order valence-corrected chi connectivity index (χ2v) is 5.34. The van der Waals surface area contributed by atoms with E-state index in [1.807, 2.05) is 38.1 Å². The second-order valence-electron chi connectivity index (χ2n) is 5.34. The molecule has 18 heavy (non-hydrogen) atoms. The quantitative estimate of drug-likeness (QED) is 0.767. The van der Waals surface area contributed by atoms with Crippen molar-refractivity contribution in [3.63, 3.8) is 0 Å². The van der Waals surface area contributed by atoms with Crippen LogP contribution >= 0.6 is 0 Å². The number of nitrogens with zero attached hydrogens (tertiary/aromatic N) is 1. The van der Waals surface area contributed by atoms with Crippen LogP contribution in [0.15, 0.2) is 42.5 Å². The molecule has 2 nitrogen and oxygen atoms in total. The topological polar surface area (TPSA) is 20.3 Å². The predicted molar refractivity (Wildman–Crippen MR) is 75.9 cm³/mol. The number of benzene rings is 2. The van der Waals surface area contributed by atoms with E-state index in [-0.39, 0.29) is 0 Å². The van der Waals surface area contributed by atoms with Crippen molar-refractivity contribution in [3.8, 4) is 0 Å². The summed E-state index contributed by atoms with van der Waals surface area (Å²) in [5.41, 5.74) is 0.623. The van der Waals surface area contributed by atoms with Gasteiger partial charge in [-0.05, 0) is 37.4 Å². The van der Waals surface area contributed by atoms with E-state index in [1.54, 1.807) is 0 Å². The highest BCUT2D eigenvalue weighted by atomic mass is 16.1. The maximum Gasteiger partial charge on any atom is 0.131 e. The summed E-state index contributed by atoms with van der Waals surface area (Å²) >= 11 is 0. The standard InChI is InChI=1S/C16H19NO/c1-16(12-18,11-17(2)3)15-9-8-13-6-4-5-7-14(13)10-15/h4-10,12H,11H2,1-3H3. The van der Waals surface area contributed by atoms with Gasteiger partial charge in [0.05, 0.1) is 5.41 Å². The van der Waals surface area contributed by atoms with Crippen LogP contribution < -0.4 is 0 Å². The SMILES string of the molecule is CN(C)CC(C)(C=O)c1ccc2ccccc2c1. The Labute approximate surface area is 108 Å². The van der Waals surface area contributed by atoms with Crippen molar-refractivity contribution >= 4 is 17.1 Å². The van der Waals surface area contributed by atoms with E-state index < -0.39 is 5.41 Å². The molecule has 0 saturated carbocycles. The lowest BCUT2D eigenvalue weighted by molar-refractivity contribution is -0.112. The first-order valence-corrected chi connectivity index (χ1v) is 6.15. The van der Waals surface area contributed by atoms with Gasteiger partial charge in [0.2, 0.25) is 0 Å². The molecule has 0 fully saturated rings. The molecule has 0 amide bonds. The van der Waals surface area contributed by atoms with Crippen molar-refractivity contribution in [3.05, 3.63) is 48.0 Å². The molecule has 0 bridgehead atoms. The normalized spacial score (nSPS) is 14.7. The predicted octanol–water partition coefficient (Wildman–Crippen LogP) is 2.86. The number of fused-ring (bicyclic) bond motifs is 1. The molecule has 0 spiro atoms. The zero-order valence-corrected chi connectivity index (χ0v) is 11.2. The van der Waals surface area contributed by atoms with E-state index in [0.29, 0.717) is 0 Å². The Morgan fingerprint density at radius 1 is 1.11 bits per heavy atom. The zero-order valence-electron chi connectivity index (χ0n) is 11.2. The van der Waals surface area contributed by atoms with E-state index in [0.717, 1.165) is 18.4 Å². The first kappa shape index (κ1) is 12.8. The Bertz CT molecular complexity index is 562. The molecule has 94 valence electrons. The minimum Gasteiger partial charge on any atom is -0.308 e. The van der Waals surface area contributed by atoms with Gasteiger partial charge < -0.3 is 9.69 Å². The maximum absolute atomic E-state index is 11.5. The highest BCUT2D eigenvalue weighted by Gasteiger charge is 2.26. The molecule has 0 aliphatic carbocycles. The third-order valence-corrected chi connectivity index (χ3v) is 3.31. The van der Waals surface area contributed by atoms with E-state index >= 15 is 0 Å². The summed E-state index contributed by atoms with van der Waals surface area (Å²) in [5, 5.41) is 2.39. The third kappa shape index (κ3) is 2.44. The number of hydrogen-bond acceptors (Lipinski definition) is 2. The molecular weight excluding hydrogens is 222 g/mol. The van der Waals surface area contributed by atoms with Crippen LogP contribution in [-0.2, 0) is 10.2 Å². The fraction of sp³-hybridized carbons (Fsp3) is 0.312. The fourth-order valence-electron chi connectivity index (χ4n) is 2.40. The van der Waals surface area contributed by atoms with E-state index in [4.69, 9.17) is 0 Å². The van der Waals surface area contributed by atoms with E-state index in [1.165, 1.54) is 10.8 Å². The molecule has 2 aromatic rings. The third-order valence-electron chi connectivity index (χ3n) is 3.31. The molecule has 2 aromatic carbocycles. The summed E-state index contributed by atoms with van der Waals surface area (Å²) in [5.74, 6) is 0. The van der Waals surface area contributed by atoms with Gasteiger partial charge in [0, 0.05) is 6.54 Å². The van der Waals surface area contributed by atoms with Crippen LogP contribution in [0.3, 0.4) is 0 Å². The number of likely N-dealkylation sites (N-methyl/N-ethyl adjacent to an activating group) is 1. The smallest absolute Gasteiger partial charge is 0.131 e. The monoisotopic (exact) mass is 241 g/mol. The first-order chi connectivity index (χ1) is 8.55. The van der Waals surface area contributed by atoms with Crippen molar-refractivity contribution in [2.24, 2.45) is 0 Å². The molecule has 0 N–H and O–H groups in total. The van der Waals surface area contributed by atoms with Crippen LogP contribution in [0.1, 0.15) is 12.5 Å². The lowest BCUT2D eigenvalue weighted by Gasteiger charge is -2.27. The minimum atomic E-state index is -0.451. The van der Waals surface area contributed by atoms with Crippen LogP contribution in [0.5, 0.6) is 0 Å². The Morgan fingerprint density at radius 3 is 2.39 bits per heavy atom. The lowest BCUT2D eigenvalue weighted by Crippen LogP contribution is -2.36. The highest BCUT2D eigenvalue weighted by molar-refractivity contribution is 5.84.